The van der Waals surface area contributed by atoms with E-state index < -0.39 is 5.97 Å². The van der Waals surface area contributed by atoms with Gasteiger partial charge in [0.2, 0.25) is 0 Å². The highest BCUT2D eigenvalue weighted by atomic mass is 32.1. The standard InChI is InChI=1S/C17H27N3O4S/c1-11-14(25-16(18-11)17(2,3)4)15(23)20-6-7-24-12(9-20)8-19(5)10-13(21)22/h12H,6-10H2,1-5H3,(H,21,22). The lowest BCUT2D eigenvalue weighted by Crippen LogP contribution is -2.49. The largest absolute Gasteiger partial charge is 0.480 e. The molecule has 7 nitrogen and oxygen atoms in total. The molecule has 0 spiro atoms. The maximum Gasteiger partial charge on any atom is 0.317 e. The summed E-state index contributed by atoms with van der Waals surface area (Å²) in [6, 6.07) is 0. The average molecular weight is 369 g/mol. The second-order valence-electron chi connectivity index (χ2n) is 7.52. The molecule has 25 heavy (non-hydrogen) atoms. The minimum Gasteiger partial charge on any atom is -0.480 e. The summed E-state index contributed by atoms with van der Waals surface area (Å²) in [6.45, 7) is 10.0. The number of aromatic nitrogens is 1. The summed E-state index contributed by atoms with van der Waals surface area (Å²) < 4.78 is 5.70. The summed E-state index contributed by atoms with van der Waals surface area (Å²) in [5.74, 6) is -0.888. The van der Waals surface area contributed by atoms with E-state index in [2.05, 4.69) is 25.8 Å². The smallest absolute Gasteiger partial charge is 0.317 e. The van der Waals surface area contributed by atoms with Crippen molar-refractivity contribution in [2.75, 3.05) is 39.8 Å². The minimum atomic E-state index is -0.874. The number of nitrogens with zero attached hydrogens (tertiary/aromatic N) is 3. The Bertz CT molecular complexity index is 638. The van der Waals surface area contributed by atoms with Crippen molar-refractivity contribution in [3.8, 4) is 0 Å². The van der Waals surface area contributed by atoms with Crippen LogP contribution in [0.15, 0.2) is 0 Å². The molecule has 0 radical (unpaired) electrons. The van der Waals surface area contributed by atoms with Crippen LogP contribution in [0.3, 0.4) is 0 Å². The average Bonchev–Trinajstić information content (AvgIpc) is 2.88. The third-order valence-electron chi connectivity index (χ3n) is 3.98. The first kappa shape index (κ1) is 19.8. The molecule has 2 heterocycles. The number of aliphatic carboxylic acids is 1. The third-order valence-corrected chi connectivity index (χ3v) is 5.55. The van der Waals surface area contributed by atoms with Gasteiger partial charge in [-0.1, -0.05) is 20.8 Å². The number of morpholine rings is 1. The first-order chi connectivity index (χ1) is 11.6. The second-order valence-corrected chi connectivity index (χ2v) is 8.52. The summed E-state index contributed by atoms with van der Waals surface area (Å²) in [5, 5.41) is 9.81. The number of carboxylic acids is 1. The minimum absolute atomic E-state index is 0.0142. The van der Waals surface area contributed by atoms with E-state index in [1.54, 1.807) is 16.8 Å². The number of thiazole rings is 1. The zero-order chi connectivity index (χ0) is 18.8. The highest BCUT2D eigenvalue weighted by Gasteiger charge is 2.30. The highest BCUT2D eigenvalue weighted by Crippen LogP contribution is 2.30. The summed E-state index contributed by atoms with van der Waals surface area (Å²) >= 11 is 1.46. The molecule has 1 unspecified atom stereocenters. The first-order valence-electron chi connectivity index (χ1n) is 8.37. The van der Waals surface area contributed by atoms with E-state index in [1.165, 1.54) is 11.3 Å². The lowest BCUT2D eigenvalue weighted by atomic mass is 9.98. The van der Waals surface area contributed by atoms with Gasteiger partial charge >= 0.3 is 5.97 Å². The van der Waals surface area contributed by atoms with Crippen molar-refractivity contribution >= 4 is 23.2 Å². The van der Waals surface area contributed by atoms with Crippen LogP contribution in [0.25, 0.3) is 0 Å². The second kappa shape index (κ2) is 7.80. The maximum atomic E-state index is 12.9. The number of likely N-dealkylation sites (N-methyl/N-ethyl adjacent to an activating group) is 1. The molecule has 1 aromatic heterocycles. The van der Waals surface area contributed by atoms with Crippen LogP contribution >= 0.6 is 11.3 Å². The monoisotopic (exact) mass is 369 g/mol. The summed E-state index contributed by atoms with van der Waals surface area (Å²) in [4.78, 5) is 32.4. The van der Waals surface area contributed by atoms with Gasteiger partial charge in [0, 0.05) is 25.0 Å². The zero-order valence-corrected chi connectivity index (χ0v) is 16.4. The summed E-state index contributed by atoms with van der Waals surface area (Å²) in [6.07, 6.45) is -0.183. The van der Waals surface area contributed by atoms with Crippen molar-refractivity contribution in [3.05, 3.63) is 15.6 Å². The van der Waals surface area contributed by atoms with Gasteiger partial charge in [0.05, 0.1) is 30.0 Å². The molecule has 1 N–H and O–H groups in total. The van der Waals surface area contributed by atoms with Crippen molar-refractivity contribution in [2.24, 2.45) is 0 Å². The van der Waals surface area contributed by atoms with E-state index in [4.69, 9.17) is 9.84 Å². The van der Waals surface area contributed by atoms with Crippen LogP contribution < -0.4 is 0 Å². The van der Waals surface area contributed by atoms with Crippen molar-refractivity contribution in [3.63, 3.8) is 0 Å². The zero-order valence-electron chi connectivity index (χ0n) is 15.5. The molecule has 0 bridgehead atoms. The lowest BCUT2D eigenvalue weighted by Gasteiger charge is -2.34. The Labute approximate surface area is 152 Å². The molecule has 0 aromatic carbocycles. The number of hydrogen-bond acceptors (Lipinski definition) is 6. The third kappa shape index (κ3) is 5.23. The lowest BCUT2D eigenvalue weighted by molar-refractivity contribution is -0.138. The maximum absolute atomic E-state index is 12.9. The number of amides is 1. The SMILES string of the molecule is Cc1nc(C(C)(C)C)sc1C(=O)N1CCOC(CN(C)CC(=O)O)C1. The van der Waals surface area contributed by atoms with Gasteiger partial charge in [0.1, 0.15) is 4.88 Å². The quantitative estimate of drug-likeness (QED) is 0.849. The van der Waals surface area contributed by atoms with Crippen LogP contribution in [0.2, 0.25) is 0 Å². The molecule has 1 amide bonds. The predicted molar refractivity (Wildman–Crippen MR) is 96.3 cm³/mol. The van der Waals surface area contributed by atoms with Gasteiger partial charge in [-0.15, -0.1) is 11.3 Å². The van der Waals surface area contributed by atoms with Crippen molar-refractivity contribution in [2.45, 2.75) is 39.2 Å². The molecular formula is C17H27N3O4S. The number of rotatable bonds is 5. The highest BCUT2D eigenvalue weighted by molar-refractivity contribution is 7.14. The fourth-order valence-corrected chi connectivity index (χ4v) is 3.81. The van der Waals surface area contributed by atoms with E-state index >= 15 is 0 Å². The van der Waals surface area contributed by atoms with Crippen LogP contribution in [0, 0.1) is 6.92 Å². The Morgan fingerprint density at radius 2 is 2.12 bits per heavy atom. The molecule has 1 aliphatic heterocycles. The Morgan fingerprint density at radius 3 is 2.68 bits per heavy atom. The van der Waals surface area contributed by atoms with Crippen LogP contribution in [0.5, 0.6) is 0 Å². The Balaban J connectivity index is 2.04. The van der Waals surface area contributed by atoms with E-state index in [0.717, 1.165) is 10.7 Å². The molecule has 2 rings (SSSR count). The fraction of sp³-hybridized carbons (Fsp3) is 0.706. The number of ether oxygens (including phenoxy) is 1. The van der Waals surface area contributed by atoms with Crippen LogP contribution in [0.4, 0.5) is 0 Å². The molecule has 8 heteroatoms. The van der Waals surface area contributed by atoms with Gasteiger partial charge in [0.15, 0.2) is 0 Å². The van der Waals surface area contributed by atoms with E-state index in [0.29, 0.717) is 31.1 Å². The summed E-state index contributed by atoms with van der Waals surface area (Å²) in [5.41, 5.74) is 0.687. The van der Waals surface area contributed by atoms with Crippen LogP contribution in [0.1, 0.15) is 41.1 Å². The molecule has 0 aliphatic carbocycles. The van der Waals surface area contributed by atoms with Crippen LogP contribution in [-0.2, 0) is 14.9 Å². The molecule has 1 aromatic rings. The number of hydrogen-bond donors (Lipinski definition) is 1. The molecule has 1 saturated heterocycles. The Morgan fingerprint density at radius 1 is 1.44 bits per heavy atom. The fourth-order valence-electron chi connectivity index (χ4n) is 2.72. The van der Waals surface area contributed by atoms with Gasteiger partial charge in [-0.25, -0.2) is 4.98 Å². The van der Waals surface area contributed by atoms with E-state index in [9.17, 15) is 9.59 Å². The number of carbonyl (C=O) groups is 2. The van der Waals surface area contributed by atoms with Crippen molar-refractivity contribution in [1.82, 2.24) is 14.8 Å². The van der Waals surface area contributed by atoms with Gasteiger partial charge < -0.3 is 14.7 Å². The molecule has 1 aliphatic rings. The van der Waals surface area contributed by atoms with Crippen molar-refractivity contribution < 1.29 is 19.4 Å². The van der Waals surface area contributed by atoms with Crippen LogP contribution in [-0.4, -0.2) is 77.7 Å². The van der Waals surface area contributed by atoms with Gasteiger partial charge in [-0.2, -0.15) is 0 Å². The van der Waals surface area contributed by atoms with Gasteiger partial charge in [-0.05, 0) is 14.0 Å². The Hall–Kier alpha value is -1.51. The molecule has 140 valence electrons. The number of aryl methyl sites for hydroxylation is 1. The first-order valence-corrected chi connectivity index (χ1v) is 9.18. The van der Waals surface area contributed by atoms with Crippen molar-refractivity contribution in [1.29, 1.82) is 0 Å². The topological polar surface area (TPSA) is 83.0 Å². The molecule has 0 saturated carbocycles. The van der Waals surface area contributed by atoms with Gasteiger partial charge in [-0.3, -0.25) is 14.5 Å². The molecule has 1 fully saturated rings. The predicted octanol–water partition coefficient (Wildman–Crippen LogP) is 1.61. The Kier molecular flexibility index (Phi) is 6.18. The van der Waals surface area contributed by atoms with Gasteiger partial charge in [0.25, 0.3) is 5.91 Å². The normalized spacial score (nSPS) is 18.6. The van der Waals surface area contributed by atoms with E-state index in [1.807, 2.05) is 6.92 Å². The summed E-state index contributed by atoms with van der Waals surface area (Å²) in [7, 11) is 1.74. The van der Waals surface area contributed by atoms with E-state index in [-0.39, 0.29) is 24.0 Å². The molecule has 1 atom stereocenters. The number of carbonyl (C=O) groups excluding carboxylic acids is 1. The number of carboxylic acid groups (broad SMARTS) is 1. The molecular weight excluding hydrogens is 342 g/mol.